The molecular formula is C37H52BrFO6Si. The summed E-state index contributed by atoms with van der Waals surface area (Å²) in [4.78, 5) is 11.5. The maximum atomic E-state index is 14.2. The molecule has 46 heavy (non-hydrogen) atoms. The third-order valence-electron chi connectivity index (χ3n) is 9.12. The van der Waals surface area contributed by atoms with Crippen molar-refractivity contribution in [2.24, 2.45) is 11.8 Å². The molecule has 1 saturated carbocycles. The van der Waals surface area contributed by atoms with Gasteiger partial charge in [-0.25, -0.2) is 4.39 Å². The number of allylic oxidation sites excluding steroid dienone is 2. The molecule has 0 amide bonds. The Hall–Kier alpha value is -2.30. The summed E-state index contributed by atoms with van der Waals surface area (Å²) in [6.07, 6.45) is 11.3. The predicted octanol–water partition coefficient (Wildman–Crippen LogP) is 9.18. The van der Waals surface area contributed by atoms with Gasteiger partial charge in [0.1, 0.15) is 12.2 Å². The average Bonchev–Trinajstić information content (AvgIpc) is 3.31. The van der Waals surface area contributed by atoms with Gasteiger partial charge >= 0.3 is 5.97 Å². The molecule has 0 heterocycles. The minimum atomic E-state index is -2.13. The lowest BCUT2D eigenvalue weighted by molar-refractivity contribution is -0.140. The van der Waals surface area contributed by atoms with E-state index in [9.17, 15) is 14.3 Å². The van der Waals surface area contributed by atoms with Gasteiger partial charge in [0.15, 0.2) is 19.9 Å². The zero-order chi connectivity index (χ0) is 34.0. The molecule has 5 atom stereocenters. The van der Waals surface area contributed by atoms with Crippen molar-refractivity contribution in [2.75, 3.05) is 13.7 Å². The van der Waals surface area contributed by atoms with E-state index in [1.165, 1.54) is 13.2 Å². The minimum Gasteiger partial charge on any atom is -0.487 e. The highest BCUT2D eigenvalue weighted by Crippen LogP contribution is 2.45. The van der Waals surface area contributed by atoms with Gasteiger partial charge in [-0.2, -0.15) is 0 Å². The molecule has 2 aromatic rings. The van der Waals surface area contributed by atoms with Gasteiger partial charge in [-0.05, 0) is 80.4 Å². The standard InChI is InChI=1S/C37H52BrFO6Si/c1-36(2,3)46(6,7)45-34-24-33(43-25-27-16-12-13-18-30(27)38)29(28(34)17-10-8-9-11-21-35(40)42-5)22-23-37(4,41)26-44-32-20-15-14-19-31(32)39/h8,10,12-16,18-20,22-23,28-29,33-34,41H,9,11,17,21,24-26H2,1-7H3/b10-8+,23-22+. The van der Waals surface area contributed by atoms with Crippen molar-refractivity contribution >= 4 is 30.2 Å². The first-order valence-electron chi connectivity index (χ1n) is 16.2. The summed E-state index contributed by atoms with van der Waals surface area (Å²) >= 11 is 3.65. The lowest BCUT2D eigenvalue weighted by Gasteiger charge is -2.40. The number of esters is 1. The molecule has 9 heteroatoms. The molecule has 0 spiro atoms. The molecule has 6 nitrogen and oxygen atoms in total. The highest BCUT2D eigenvalue weighted by molar-refractivity contribution is 9.10. The lowest BCUT2D eigenvalue weighted by atomic mass is 9.88. The summed E-state index contributed by atoms with van der Waals surface area (Å²) in [6, 6.07) is 14.2. The molecule has 2 aromatic carbocycles. The molecule has 1 aliphatic carbocycles. The summed E-state index contributed by atoms with van der Waals surface area (Å²) in [5, 5.41) is 11.3. The molecule has 1 fully saturated rings. The Morgan fingerprint density at radius 1 is 1.07 bits per heavy atom. The summed E-state index contributed by atoms with van der Waals surface area (Å²) in [7, 11) is -0.717. The second-order valence-electron chi connectivity index (χ2n) is 13.9. The smallest absolute Gasteiger partial charge is 0.305 e. The molecule has 1 aliphatic rings. The average molecular weight is 720 g/mol. The fourth-order valence-electron chi connectivity index (χ4n) is 5.33. The molecule has 3 rings (SSSR count). The highest BCUT2D eigenvalue weighted by Gasteiger charge is 2.48. The quantitative estimate of drug-likeness (QED) is 0.0808. The molecule has 0 radical (unpaired) electrons. The summed E-state index contributed by atoms with van der Waals surface area (Å²) in [5.41, 5.74) is -0.284. The van der Waals surface area contributed by atoms with Crippen LogP contribution >= 0.6 is 15.9 Å². The zero-order valence-electron chi connectivity index (χ0n) is 28.4. The summed E-state index contributed by atoms with van der Waals surface area (Å²) in [5.74, 6) is -0.535. The topological polar surface area (TPSA) is 74.2 Å². The molecule has 5 unspecified atom stereocenters. The SMILES string of the molecule is COC(=O)CCC/C=C/CC1C(O[Si](C)(C)C(C)(C)C)CC(OCc2ccccc2Br)C1/C=C/C(C)(O)COc1ccccc1F. The van der Waals surface area contributed by atoms with Crippen LogP contribution in [-0.4, -0.2) is 50.9 Å². The number of halogens is 2. The normalized spacial score (nSPS) is 22.0. The summed E-state index contributed by atoms with van der Waals surface area (Å²) in [6.45, 7) is 13.3. The van der Waals surface area contributed by atoms with Crippen LogP contribution in [0, 0.1) is 17.7 Å². The Kier molecular flexibility index (Phi) is 14.3. The number of ether oxygens (including phenoxy) is 3. The predicted molar refractivity (Wildman–Crippen MR) is 188 cm³/mol. The van der Waals surface area contributed by atoms with Crippen LogP contribution in [0.3, 0.4) is 0 Å². The van der Waals surface area contributed by atoms with Crippen LogP contribution in [0.25, 0.3) is 0 Å². The number of aliphatic hydroxyl groups is 1. The number of unbranched alkanes of at least 4 members (excludes halogenated alkanes) is 1. The van der Waals surface area contributed by atoms with Gasteiger partial charge in [0.05, 0.1) is 25.9 Å². The van der Waals surface area contributed by atoms with Gasteiger partial charge in [-0.1, -0.05) is 91.3 Å². The van der Waals surface area contributed by atoms with Crippen LogP contribution in [0.15, 0.2) is 77.3 Å². The van der Waals surface area contributed by atoms with Crippen molar-refractivity contribution in [3.05, 3.63) is 88.7 Å². The van der Waals surface area contributed by atoms with Crippen molar-refractivity contribution in [1.82, 2.24) is 0 Å². The molecule has 0 saturated heterocycles. The van der Waals surface area contributed by atoms with E-state index in [2.05, 4.69) is 61.9 Å². The number of hydrogen-bond donors (Lipinski definition) is 1. The number of hydrogen-bond acceptors (Lipinski definition) is 6. The van der Waals surface area contributed by atoms with Crippen LogP contribution in [0.2, 0.25) is 18.1 Å². The van der Waals surface area contributed by atoms with Gasteiger partial charge in [-0.3, -0.25) is 4.79 Å². The number of carbonyl (C=O) groups is 1. The van der Waals surface area contributed by atoms with Gasteiger partial charge in [-0.15, -0.1) is 0 Å². The van der Waals surface area contributed by atoms with Gasteiger partial charge in [0.25, 0.3) is 0 Å². The van der Waals surface area contributed by atoms with Crippen LogP contribution in [0.1, 0.15) is 65.4 Å². The first-order chi connectivity index (χ1) is 21.6. The van der Waals surface area contributed by atoms with Crippen molar-refractivity contribution in [1.29, 1.82) is 0 Å². The molecule has 1 N–H and O–H groups in total. The van der Waals surface area contributed by atoms with Crippen molar-refractivity contribution < 1.29 is 32.9 Å². The van der Waals surface area contributed by atoms with E-state index in [0.717, 1.165) is 35.7 Å². The number of benzene rings is 2. The second kappa shape index (κ2) is 17.2. The fraction of sp³-hybridized carbons (Fsp3) is 0.541. The lowest BCUT2D eigenvalue weighted by Crippen LogP contribution is -2.45. The van der Waals surface area contributed by atoms with E-state index in [-0.39, 0.29) is 47.4 Å². The first-order valence-corrected chi connectivity index (χ1v) is 19.9. The Bertz CT molecular complexity index is 1320. The van der Waals surface area contributed by atoms with E-state index >= 15 is 0 Å². The third kappa shape index (κ3) is 11.4. The summed E-state index contributed by atoms with van der Waals surface area (Å²) < 4.78 is 39.3. The van der Waals surface area contributed by atoms with Crippen molar-refractivity contribution in [3.8, 4) is 5.75 Å². The van der Waals surface area contributed by atoms with Crippen molar-refractivity contribution in [3.63, 3.8) is 0 Å². The molecule has 0 aromatic heterocycles. The Morgan fingerprint density at radius 2 is 1.76 bits per heavy atom. The van der Waals surface area contributed by atoms with Gasteiger partial charge in [0.2, 0.25) is 0 Å². The molecule has 0 aliphatic heterocycles. The van der Waals surface area contributed by atoms with Crippen LogP contribution in [0.4, 0.5) is 4.39 Å². The van der Waals surface area contributed by atoms with E-state index in [0.29, 0.717) is 13.0 Å². The van der Waals surface area contributed by atoms with Crippen LogP contribution in [-0.2, 0) is 25.3 Å². The number of carbonyl (C=O) groups excluding carboxylic acids is 1. The van der Waals surface area contributed by atoms with E-state index in [1.807, 2.05) is 30.3 Å². The van der Waals surface area contributed by atoms with Crippen molar-refractivity contribution in [2.45, 2.75) is 102 Å². The Labute approximate surface area is 284 Å². The second-order valence-corrected chi connectivity index (χ2v) is 19.6. The van der Waals surface area contributed by atoms with E-state index in [4.69, 9.17) is 18.6 Å². The van der Waals surface area contributed by atoms with E-state index < -0.39 is 19.7 Å². The van der Waals surface area contributed by atoms with Crippen LogP contribution < -0.4 is 4.74 Å². The van der Waals surface area contributed by atoms with Crippen LogP contribution in [0.5, 0.6) is 5.75 Å². The number of para-hydroxylation sites is 1. The minimum absolute atomic E-state index is 0.0359. The monoisotopic (exact) mass is 718 g/mol. The molecule has 254 valence electrons. The molecular weight excluding hydrogens is 667 g/mol. The zero-order valence-corrected chi connectivity index (χ0v) is 31.0. The third-order valence-corrected chi connectivity index (χ3v) is 14.4. The van der Waals surface area contributed by atoms with Gasteiger partial charge < -0.3 is 23.7 Å². The fourth-order valence-corrected chi connectivity index (χ4v) is 7.11. The number of rotatable bonds is 16. The Balaban J connectivity index is 1.88. The number of methoxy groups -OCH3 is 1. The maximum absolute atomic E-state index is 14.2. The first kappa shape index (κ1) is 38.1. The highest BCUT2D eigenvalue weighted by atomic mass is 79.9. The molecule has 0 bridgehead atoms. The largest absolute Gasteiger partial charge is 0.487 e. The maximum Gasteiger partial charge on any atom is 0.305 e. The van der Waals surface area contributed by atoms with E-state index in [1.54, 1.807) is 31.2 Å². The Morgan fingerprint density at radius 3 is 2.43 bits per heavy atom. The van der Waals surface area contributed by atoms with Gasteiger partial charge in [0, 0.05) is 16.8 Å².